The highest BCUT2D eigenvalue weighted by atomic mass is 19.1. The molecule has 0 bridgehead atoms. The highest BCUT2D eigenvalue weighted by Gasteiger charge is 1.99. The molecule has 62 valence electrons. The molecule has 0 heterocycles. The summed E-state index contributed by atoms with van der Waals surface area (Å²) >= 11 is 0. The number of aliphatic imine (C=N–C) groups is 1. The summed E-state index contributed by atoms with van der Waals surface area (Å²) in [5, 5.41) is 8.79. The van der Waals surface area contributed by atoms with Crippen LogP contribution in [0, 0.1) is 5.82 Å². The standard InChI is InChI=1S/C8H6FNO2/c9-7-3-6(4-10-5-11)1-2-8(7)12/h1-3,12H,4H2. The Balaban J connectivity index is 2.89. The molecule has 0 spiro atoms. The van der Waals surface area contributed by atoms with Gasteiger partial charge in [-0.1, -0.05) is 6.07 Å². The summed E-state index contributed by atoms with van der Waals surface area (Å²) < 4.78 is 12.6. The van der Waals surface area contributed by atoms with E-state index in [0.717, 1.165) is 6.07 Å². The van der Waals surface area contributed by atoms with Crippen LogP contribution in [0.25, 0.3) is 0 Å². The average Bonchev–Trinajstić information content (AvgIpc) is 2.07. The SMILES string of the molecule is O=C=NCc1ccc(O)c(F)c1. The number of rotatable bonds is 2. The first-order valence-corrected chi connectivity index (χ1v) is 3.25. The molecule has 0 amide bonds. The van der Waals surface area contributed by atoms with Gasteiger partial charge in [0.2, 0.25) is 6.08 Å². The minimum absolute atomic E-state index is 0.0840. The summed E-state index contributed by atoms with van der Waals surface area (Å²) in [6, 6.07) is 3.82. The molecule has 0 radical (unpaired) electrons. The number of hydrogen-bond donors (Lipinski definition) is 1. The van der Waals surface area contributed by atoms with E-state index >= 15 is 0 Å². The van der Waals surface area contributed by atoms with E-state index in [4.69, 9.17) is 5.11 Å². The number of isocyanates is 1. The summed E-state index contributed by atoms with van der Waals surface area (Å²) in [6.45, 7) is 0.0840. The molecule has 1 rings (SSSR count). The van der Waals surface area contributed by atoms with Crippen LogP contribution < -0.4 is 0 Å². The number of halogens is 1. The maximum absolute atomic E-state index is 12.6. The van der Waals surface area contributed by atoms with Gasteiger partial charge in [0.15, 0.2) is 11.6 Å². The molecule has 0 aliphatic carbocycles. The van der Waals surface area contributed by atoms with Crippen molar-refractivity contribution < 1.29 is 14.3 Å². The molecule has 12 heavy (non-hydrogen) atoms. The Morgan fingerprint density at radius 1 is 1.58 bits per heavy atom. The molecule has 0 fully saturated rings. The molecule has 0 aliphatic rings. The van der Waals surface area contributed by atoms with Crippen molar-refractivity contribution in [3.63, 3.8) is 0 Å². The van der Waals surface area contributed by atoms with Crippen LogP contribution in [-0.2, 0) is 11.3 Å². The van der Waals surface area contributed by atoms with Crippen molar-refractivity contribution in [2.24, 2.45) is 4.99 Å². The average molecular weight is 167 g/mol. The lowest BCUT2D eigenvalue weighted by Crippen LogP contribution is -1.83. The molecule has 0 atom stereocenters. The number of benzene rings is 1. The van der Waals surface area contributed by atoms with Gasteiger partial charge in [-0.2, -0.15) is 0 Å². The second-order valence-corrected chi connectivity index (χ2v) is 2.19. The maximum atomic E-state index is 12.6. The first-order chi connectivity index (χ1) is 5.74. The van der Waals surface area contributed by atoms with Crippen LogP contribution in [0.1, 0.15) is 5.56 Å². The Labute approximate surface area is 68.2 Å². The molecule has 0 aliphatic heterocycles. The minimum Gasteiger partial charge on any atom is -0.505 e. The van der Waals surface area contributed by atoms with Crippen LogP contribution in [0.5, 0.6) is 5.75 Å². The number of hydrogen-bond acceptors (Lipinski definition) is 3. The summed E-state index contributed by atoms with van der Waals surface area (Å²) in [4.78, 5) is 13.0. The second kappa shape index (κ2) is 3.64. The van der Waals surface area contributed by atoms with E-state index in [9.17, 15) is 9.18 Å². The van der Waals surface area contributed by atoms with Gasteiger partial charge >= 0.3 is 0 Å². The van der Waals surface area contributed by atoms with E-state index in [1.807, 2.05) is 0 Å². The predicted octanol–water partition coefficient (Wildman–Crippen LogP) is 1.37. The quantitative estimate of drug-likeness (QED) is 0.534. The molecule has 1 N–H and O–H groups in total. The number of aromatic hydroxyl groups is 1. The van der Waals surface area contributed by atoms with Crippen molar-refractivity contribution in [3.05, 3.63) is 29.6 Å². The fourth-order valence-electron chi connectivity index (χ4n) is 0.772. The summed E-state index contributed by atoms with van der Waals surface area (Å²) in [5.74, 6) is -1.12. The number of carbonyl (C=O) groups excluding carboxylic acids is 1. The van der Waals surface area contributed by atoms with E-state index in [1.165, 1.54) is 18.2 Å². The largest absolute Gasteiger partial charge is 0.505 e. The molecule has 0 aromatic heterocycles. The van der Waals surface area contributed by atoms with Crippen molar-refractivity contribution in [2.45, 2.75) is 6.54 Å². The Morgan fingerprint density at radius 2 is 2.33 bits per heavy atom. The third kappa shape index (κ3) is 1.90. The second-order valence-electron chi connectivity index (χ2n) is 2.19. The Kier molecular flexibility index (Phi) is 2.56. The van der Waals surface area contributed by atoms with Crippen LogP contribution in [-0.4, -0.2) is 11.2 Å². The topological polar surface area (TPSA) is 49.7 Å². The van der Waals surface area contributed by atoms with E-state index in [0.29, 0.717) is 5.56 Å². The Morgan fingerprint density at radius 3 is 2.92 bits per heavy atom. The van der Waals surface area contributed by atoms with Gasteiger partial charge in [-0.15, -0.1) is 0 Å². The third-order valence-corrected chi connectivity index (χ3v) is 1.34. The number of phenols is 1. The molecule has 0 saturated carbocycles. The zero-order valence-electron chi connectivity index (χ0n) is 6.12. The molecular weight excluding hydrogens is 161 g/mol. The van der Waals surface area contributed by atoms with Crippen LogP contribution in [0.4, 0.5) is 4.39 Å². The highest BCUT2D eigenvalue weighted by Crippen LogP contribution is 2.16. The van der Waals surface area contributed by atoms with Gasteiger partial charge in [-0.05, 0) is 17.7 Å². The van der Waals surface area contributed by atoms with E-state index in [2.05, 4.69) is 4.99 Å². The molecule has 1 aromatic rings. The van der Waals surface area contributed by atoms with Crippen molar-refractivity contribution in [1.29, 1.82) is 0 Å². The van der Waals surface area contributed by atoms with Crippen molar-refractivity contribution in [1.82, 2.24) is 0 Å². The first kappa shape index (κ1) is 8.43. The van der Waals surface area contributed by atoms with Crippen molar-refractivity contribution in [3.8, 4) is 5.75 Å². The highest BCUT2D eigenvalue weighted by molar-refractivity contribution is 5.34. The van der Waals surface area contributed by atoms with Crippen LogP contribution in [0.15, 0.2) is 23.2 Å². The lowest BCUT2D eigenvalue weighted by molar-refractivity contribution is 0.432. The maximum Gasteiger partial charge on any atom is 0.235 e. The fourth-order valence-corrected chi connectivity index (χ4v) is 0.772. The Hall–Kier alpha value is -1.67. The first-order valence-electron chi connectivity index (χ1n) is 3.25. The molecule has 4 heteroatoms. The summed E-state index contributed by atoms with van der Waals surface area (Å²) in [6.07, 6.45) is 1.34. The van der Waals surface area contributed by atoms with Crippen LogP contribution in [0.2, 0.25) is 0 Å². The van der Waals surface area contributed by atoms with E-state index < -0.39 is 11.6 Å². The van der Waals surface area contributed by atoms with Crippen molar-refractivity contribution >= 4 is 6.08 Å². The predicted molar refractivity (Wildman–Crippen MR) is 39.9 cm³/mol. The zero-order valence-corrected chi connectivity index (χ0v) is 6.12. The molecule has 0 unspecified atom stereocenters. The third-order valence-electron chi connectivity index (χ3n) is 1.34. The lowest BCUT2D eigenvalue weighted by Gasteiger charge is -1.96. The van der Waals surface area contributed by atoms with Crippen LogP contribution in [0.3, 0.4) is 0 Å². The normalized spacial score (nSPS) is 9.08. The van der Waals surface area contributed by atoms with Gasteiger partial charge in [0.25, 0.3) is 0 Å². The van der Waals surface area contributed by atoms with E-state index in [-0.39, 0.29) is 6.54 Å². The summed E-state index contributed by atoms with van der Waals surface area (Å²) in [7, 11) is 0. The lowest BCUT2D eigenvalue weighted by atomic mass is 10.2. The van der Waals surface area contributed by atoms with Crippen molar-refractivity contribution in [2.75, 3.05) is 0 Å². The van der Waals surface area contributed by atoms with Gasteiger partial charge in [0.1, 0.15) is 0 Å². The fraction of sp³-hybridized carbons (Fsp3) is 0.125. The van der Waals surface area contributed by atoms with Gasteiger partial charge in [-0.25, -0.2) is 14.2 Å². The zero-order chi connectivity index (χ0) is 8.97. The smallest absolute Gasteiger partial charge is 0.235 e. The minimum atomic E-state index is -0.714. The Bertz CT molecular complexity index is 332. The van der Waals surface area contributed by atoms with Gasteiger partial charge in [-0.3, -0.25) is 0 Å². The number of phenolic OH excluding ortho intramolecular Hbond substituents is 1. The monoisotopic (exact) mass is 167 g/mol. The van der Waals surface area contributed by atoms with Gasteiger partial charge < -0.3 is 5.11 Å². The summed E-state index contributed by atoms with van der Waals surface area (Å²) in [5.41, 5.74) is 0.522. The van der Waals surface area contributed by atoms with Gasteiger partial charge in [0.05, 0.1) is 6.54 Å². The molecule has 1 aromatic carbocycles. The van der Waals surface area contributed by atoms with Gasteiger partial charge in [0, 0.05) is 0 Å². The van der Waals surface area contributed by atoms with Crippen LogP contribution >= 0.6 is 0 Å². The van der Waals surface area contributed by atoms with E-state index in [1.54, 1.807) is 0 Å². The molecule has 0 saturated heterocycles. The molecule has 3 nitrogen and oxygen atoms in total. The molecular formula is C8H6FNO2. The number of nitrogens with zero attached hydrogens (tertiary/aromatic N) is 1.